The second kappa shape index (κ2) is 5.93. The van der Waals surface area contributed by atoms with Crippen molar-refractivity contribution in [2.45, 2.75) is 25.8 Å². The maximum absolute atomic E-state index is 10.9. The monoisotopic (exact) mass is 263 g/mol. The van der Waals surface area contributed by atoms with Crippen molar-refractivity contribution >= 4 is 17.3 Å². The summed E-state index contributed by atoms with van der Waals surface area (Å²) in [7, 11) is 0. The smallest absolute Gasteiger partial charge is 0.337 e. The number of anilines is 2. The Balaban J connectivity index is 1.94. The van der Waals surface area contributed by atoms with E-state index >= 15 is 0 Å². The van der Waals surface area contributed by atoms with Crippen LogP contribution >= 0.6 is 0 Å². The fourth-order valence-corrected chi connectivity index (χ4v) is 2.53. The van der Waals surface area contributed by atoms with Crippen LogP contribution in [0.15, 0.2) is 18.2 Å². The van der Waals surface area contributed by atoms with E-state index < -0.39 is 5.97 Å². The van der Waals surface area contributed by atoms with Crippen LogP contribution < -0.4 is 11.1 Å². The fraction of sp³-hybridized carbons (Fsp3) is 0.500. The number of nitrogens with two attached hydrogens (primary N) is 1. The second-order valence-corrected chi connectivity index (χ2v) is 5.16. The average molecular weight is 263 g/mol. The van der Waals surface area contributed by atoms with E-state index in [1.165, 1.54) is 25.9 Å². The van der Waals surface area contributed by atoms with Crippen LogP contribution in [0.4, 0.5) is 11.4 Å². The molecule has 1 aliphatic rings. The van der Waals surface area contributed by atoms with Crippen LogP contribution in [0.25, 0.3) is 0 Å². The molecule has 1 aromatic rings. The highest BCUT2D eigenvalue weighted by atomic mass is 16.4. The number of benzene rings is 1. The van der Waals surface area contributed by atoms with Crippen LogP contribution in [-0.4, -0.2) is 41.7 Å². The molecule has 1 aliphatic heterocycles. The Morgan fingerprint density at radius 2 is 2.16 bits per heavy atom. The molecule has 0 bridgehead atoms. The van der Waals surface area contributed by atoms with Crippen LogP contribution in [0.5, 0.6) is 0 Å². The van der Waals surface area contributed by atoms with Gasteiger partial charge in [-0.1, -0.05) is 0 Å². The van der Waals surface area contributed by atoms with Gasteiger partial charge in [0, 0.05) is 24.0 Å². The number of nitrogen functional groups attached to an aromatic ring is 1. The molecule has 4 N–H and O–H groups in total. The summed E-state index contributed by atoms with van der Waals surface area (Å²) in [4.78, 5) is 13.3. The molecule has 0 radical (unpaired) electrons. The highest BCUT2D eigenvalue weighted by Crippen LogP contribution is 2.19. The quantitative estimate of drug-likeness (QED) is 0.707. The van der Waals surface area contributed by atoms with Crippen molar-refractivity contribution in [1.29, 1.82) is 0 Å². The molecule has 5 heteroatoms. The largest absolute Gasteiger partial charge is 0.478 e. The maximum Gasteiger partial charge on any atom is 0.337 e. The van der Waals surface area contributed by atoms with E-state index in [9.17, 15) is 4.79 Å². The van der Waals surface area contributed by atoms with E-state index in [4.69, 9.17) is 10.8 Å². The first-order chi connectivity index (χ1) is 9.06. The zero-order valence-corrected chi connectivity index (χ0v) is 11.2. The molecule has 104 valence electrons. The SMILES string of the molecule is CC(CN1CCCC1)Nc1ccc(C(=O)O)c(N)c1. The summed E-state index contributed by atoms with van der Waals surface area (Å²) in [5, 5.41) is 12.3. The third kappa shape index (κ3) is 3.61. The third-order valence-corrected chi connectivity index (χ3v) is 3.43. The number of aromatic carboxylic acids is 1. The number of carboxylic acids is 1. The Morgan fingerprint density at radius 1 is 1.47 bits per heavy atom. The molecule has 1 unspecified atom stereocenters. The number of rotatable bonds is 5. The van der Waals surface area contributed by atoms with Crippen LogP contribution in [-0.2, 0) is 0 Å². The van der Waals surface area contributed by atoms with Gasteiger partial charge in [0.25, 0.3) is 0 Å². The molecule has 19 heavy (non-hydrogen) atoms. The van der Waals surface area contributed by atoms with E-state index in [0.717, 1.165) is 12.2 Å². The lowest BCUT2D eigenvalue weighted by Crippen LogP contribution is -2.32. The zero-order valence-electron chi connectivity index (χ0n) is 11.2. The van der Waals surface area contributed by atoms with Gasteiger partial charge in [-0.25, -0.2) is 4.79 Å². The summed E-state index contributed by atoms with van der Waals surface area (Å²) in [5.74, 6) is -0.992. The average Bonchev–Trinajstić information content (AvgIpc) is 2.81. The van der Waals surface area contributed by atoms with Crippen LogP contribution in [0.1, 0.15) is 30.1 Å². The predicted molar refractivity (Wildman–Crippen MR) is 76.6 cm³/mol. The van der Waals surface area contributed by atoms with Gasteiger partial charge in [0.15, 0.2) is 0 Å². The van der Waals surface area contributed by atoms with Gasteiger partial charge in [0.05, 0.1) is 5.56 Å². The van der Waals surface area contributed by atoms with Gasteiger partial charge in [0.1, 0.15) is 0 Å². The van der Waals surface area contributed by atoms with E-state index in [2.05, 4.69) is 17.1 Å². The van der Waals surface area contributed by atoms with Crippen LogP contribution in [0.3, 0.4) is 0 Å². The molecule has 1 aromatic carbocycles. The number of likely N-dealkylation sites (tertiary alicyclic amines) is 1. The minimum Gasteiger partial charge on any atom is -0.478 e. The predicted octanol–water partition coefficient (Wildman–Crippen LogP) is 1.86. The molecule has 1 atom stereocenters. The van der Waals surface area contributed by atoms with Crippen molar-refractivity contribution in [2.24, 2.45) is 0 Å². The Labute approximate surface area is 113 Å². The number of carbonyl (C=O) groups is 1. The summed E-state index contributed by atoms with van der Waals surface area (Å²) in [6.07, 6.45) is 2.57. The number of hydrogen-bond donors (Lipinski definition) is 3. The van der Waals surface area contributed by atoms with E-state index in [0.29, 0.717) is 11.7 Å². The molecule has 0 spiro atoms. The normalized spacial score (nSPS) is 17.3. The maximum atomic E-state index is 10.9. The minimum atomic E-state index is -0.992. The first-order valence-corrected chi connectivity index (χ1v) is 6.68. The van der Waals surface area contributed by atoms with Gasteiger partial charge in [-0.15, -0.1) is 0 Å². The summed E-state index contributed by atoms with van der Waals surface area (Å²) >= 11 is 0. The summed E-state index contributed by atoms with van der Waals surface area (Å²) in [6, 6.07) is 5.31. The van der Waals surface area contributed by atoms with Crippen LogP contribution in [0, 0.1) is 0 Å². The molecular weight excluding hydrogens is 242 g/mol. The molecule has 1 fully saturated rings. The number of hydrogen-bond acceptors (Lipinski definition) is 4. The lowest BCUT2D eigenvalue weighted by atomic mass is 10.1. The molecule has 0 aliphatic carbocycles. The van der Waals surface area contributed by atoms with Crippen molar-refractivity contribution in [3.8, 4) is 0 Å². The molecule has 0 saturated carbocycles. The highest BCUT2D eigenvalue weighted by Gasteiger charge is 2.15. The third-order valence-electron chi connectivity index (χ3n) is 3.43. The van der Waals surface area contributed by atoms with Crippen molar-refractivity contribution in [2.75, 3.05) is 30.7 Å². The van der Waals surface area contributed by atoms with Crippen LogP contribution in [0.2, 0.25) is 0 Å². The molecule has 1 heterocycles. The first kappa shape index (κ1) is 13.7. The molecule has 0 aromatic heterocycles. The summed E-state index contributed by atoms with van der Waals surface area (Å²) in [6.45, 7) is 5.47. The van der Waals surface area contributed by atoms with Crippen molar-refractivity contribution < 1.29 is 9.90 Å². The minimum absolute atomic E-state index is 0.151. The lowest BCUT2D eigenvalue weighted by molar-refractivity contribution is 0.0698. The fourth-order valence-electron chi connectivity index (χ4n) is 2.53. The Kier molecular flexibility index (Phi) is 4.27. The first-order valence-electron chi connectivity index (χ1n) is 6.68. The highest BCUT2D eigenvalue weighted by molar-refractivity contribution is 5.94. The standard InChI is InChI=1S/C14H21N3O2/c1-10(9-17-6-2-3-7-17)16-11-4-5-12(14(18)19)13(15)8-11/h4-5,8,10,16H,2-3,6-7,9,15H2,1H3,(H,18,19). The van der Waals surface area contributed by atoms with E-state index in [1.807, 2.05) is 0 Å². The van der Waals surface area contributed by atoms with Gasteiger partial charge in [0.2, 0.25) is 0 Å². The molecule has 1 saturated heterocycles. The van der Waals surface area contributed by atoms with E-state index in [1.54, 1.807) is 18.2 Å². The van der Waals surface area contributed by atoms with Gasteiger partial charge >= 0.3 is 5.97 Å². The van der Waals surface area contributed by atoms with Gasteiger partial charge in [-0.3, -0.25) is 0 Å². The molecule has 5 nitrogen and oxygen atoms in total. The Morgan fingerprint density at radius 3 is 2.74 bits per heavy atom. The number of carboxylic acid groups (broad SMARTS) is 1. The van der Waals surface area contributed by atoms with Gasteiger partial charge in [-0.05, 0) is 51.1 Å². The Hall–Kier alpha value is -1.75. The van der Waals surface area contributed by atoms with E-state index in [-0.39, 0.29) is 5.56 Å². The van der Waals surface area contributed by atoms with Gasteiger partial charge < -0.3 is 21.1 Å². The van der Waals surface area contributed by atoms with Crippen molar-refractivity contribution in [3.05, 3.63) is 23.8 Å². The van der Waals surface area contributed by atoms with Crippen molar-refractivity contribution in [1.82, 2.24) is 4.90 Å². The second-order valence-electron chi connectivity index (χ2n) is 5.16. The molecule has 2 rings (SSSR count). The summed E-state index contributed by atoms with van der Waals surface area (Å²) < 4.78 is 0. The number of nitrogens with one attached hydrogen (secondary N) is 1. The molecular formula is C14H21N3O2. The zero-order chi connectivity index (χ0) is 13.8. The topological polar surface area (TPSA) is 78.6 Å². The summed E-state index contributed by atoms with van der Waals surface area (Å²) in [5.41, 5.74) is 7.05. The lowest BCUT2D eigenvalue weighted by Gasteiger charge is -2.22. The Bertz CT molecular complexity index is 456. The molecule has 0 amide bonds. The number of nitrogens with zero attached hydrogens (tertiary/aromatic N) is 1. The van der Waals surface area contributed by atoms with Gasteiger partial charge in [-0.2, -0.15) is 0 Å². The van der Waals surface area contributed by atoms with Crippen molar-refractivity contribution in [3.63, 3.8) is 0 Å².